The summed E-state index contributed by atoms with van der Waals surface area (Å²) in [5.74, 6) is 0.905. The molecule has 1 fully saturated rings. The number of benzene rings is 1. The normalized spacial score (nSPS) is 14.9. The summed E-state index contributed by atoms with van der Waals surface area (Å²) in [6.07, 6.45) is 7.96. The molecule has 4 rings (SSSR count). The van der Waals surface area contributed by atoms with Gasteiger partial charge in [0.25, 0.3) is 5.91 Å². The highest BCUT2D eigenvalue weighted by Crippen LogP contribution is 2.19. The van der Waals surface area contributed by atoms with E-state index in [-0.39, 0.29) is 5.91 Å². The number of carbonyl (C=O) groups excluding carboxylic acids is 1. The molecule has 0 aliphatic carbocycles. The Morgan fingerprint density at radius 2 is 1.81 bits per heavy atom. The first kappa shape index (κ1) is 17.5. The number of hydrogen-bond acceptors (Lipinski definition) is 5. The predicted molar refractivity (Wildman–Crippen MR) is 104 cm³/mol. The largest absolute Gasteiger partial charge is 0.365 e. The second kappa shape index (κ2) is 7.73. The highest BCUT2D eigenvalue weighted by molar-refractivity contribution is 5.94. The van der Waals surface area contributed by atoms with E-state index in [0.29, 0.717) is 6.54 Å². The van der Waals surface area contributed by atoms with Gasteiger partial charge in [-0.15, -0.1) is 0 Å². The number of fused-ring (bicyclic) bond motifs is 1. The fourth-order valence-electron chi connectivity index (χ4n) is 3.51. The number of hydrogen-bond donors (Lipinski definition) is 1. The quantitative estimate of drug-likeness (QED) is 0.770. The third-order valence-corrected chi connectivity index (χ3v) is 5.08. The number of likely N-dealkylation sites (tertiary alicyclic amines) is 1. The van der Waals surface area contributed by atoms with E-state index in [1.807, 2.05) is 36.2 Å². The molecule has 2 aromatic heterocycles. The van der Waals surface area contributed by atoms with Gasteiger partial charge in [-0.1, -0.05) is 25.0 Å². The number of carbonyl (C=O) groups is 1. The topological polar surface area (TPSA) is 75.9 Å². The van der Waals surface area contributed by atoms with Gasteiger partial charge in [-0.2, -0.15) is 5.10 Å². The van der Waals surface area contributed by atoms with Gasteiger partial charge in [-0.25, -0.2) is 9.97 Å². The minimum Gasteiger partial charge on any atom is -0.365 e. The highest BCUT2D eigenvalue weighted by atomic mass is 16.2. The summed E-state index contributed by atoms with van der Waals surface area (Å²) in [4.78, 5) is 23.2. The molecule has 3 heterocycles. The van der Waals surface area contributed by atoms with Crippen molar-refractivity contribution in [2.75, 3.05) is 18.4 Å². The predicted octanol–water partition coefficient (Wildman–Crippen LogP) is 2.99. The van der Waals surface area contributed by atoms with Crippen LogP contribution in [-0.4, -0.2) is 43.6 Å². The Balaban J connectivity index is 1.42. The molecule has 0 unspecified atom stereocenters. The van der Waals surface area contributed by atoms with Crippen LogP contribution in [0.3, 0.4) is 0 Å². The summed E-state index contributed by atoms with van der Waals surface area (Å²) in [6, 6.07) is 7.84. The molecule has 27 heavy (non-hydrogen) atoms. The van der Waals surface area contributed by atoms with Crippen molar-refractivity contribution in [3.05, 3.63) is 47.9 Å². The number of nitrogens with one attached hydrogen (secondary N) is 1. The molecule has 1 N–H and O–H groups in total. The molecule has 1 saturated heterocycles. The second-order valence-electron chi connectivity index (χ2n) is 6.98. The van der Waals surface area contributed by atoms with Gasteiger partial charge in [0.2, 0.25) is 0 Å². The molecule has 0 radical (unpaired) electrons. The Kier molecular flexibility index (Phi) is 5.00. The third-order valence-electron chi connectivity index (χ3n) is 5.08. The van der Waals surface area contributed by atoms with E-state index in [4.69, 9.17) is 0 Å². The minimum absolute atomic E-state index is 0.143. The van der Waals surface area contributed by atoms with E-state index in [9.17, 15) is 4.79 Å². The standard InChI is InChI=1S/C20H24N6O/c1-25-19-17(13-24-25)18(22-14-23-19)21-12-15-6-8-16(9-7-15)20(27)26-10-4-2-3-5-11-26/h6-9,13-14H,2-5,10-12H2,1H3,(H,21,22,23). The van der Waals surface area contributed by atoms with Crippen LogP contribution < -0.4 is 5.32 Å². The summed E-state index contributed by atoms with van der Waals surface area (Å²) >= 11 is 0. The Bertz CT molecular complexity index is 925. The van der Waals surface area contributed by atoms with E-state index < -0.39 is 0 Å². The Morgan fingerprint density at radius 3 is 2.56 bits per heavy atom. The van der Waals surface area contributed by atoms with Crippen molar-refractivity contribution in [3.8, 4) is 0 Å². The first-order chi connectivity index (χ1) is 13.2. The lowest BCUT2D eigenvalue weighted by Crippen LogP contribution is -2.31. The number of aromatic nitrogens is 4. The molecule has 0 spiro atoms. The lowest BCUT2D eigenvalue weighted by molar-refractivity contribution is 0.0761. The average Bonchev–Trinajstić information content (AvgIpc) is 2.92. The molecule has 1 amide bonds. The van der Waals surface area contributed by atoms with E-state index in [2.05, 4.69) is 20.4 Å². The first-order valence-electron chi connectivity index (χ1n) is 9.47. The van der Waals surface area contributed by atoms with Crippen LogP contribution in [0.1, 0.15) is 41.6 Å². The van der Waals surface area contributed by atoms with Crippen LogP contribution in [0.2, 0.25) is 0 Å². The summed E-state index contributed by atoms with van der Waals surface area (Å²) in [7, 11) is 1.86. The molecule has 140 valence electrons. The van der Waals surface area contributed by atoms with Crippen molar-refractivity contribution < 1.29 is 4.79 Å². The monoisotopic (exact) mass is 364 g/mol. The van der Waals surface area contributed by atoms with Crippen molar-refractivity contribution >= 4 is 22.8 Å². The van der Waals surface area contributed by atoms with Crippen LogP contribution in [0.25, 0.3) is 11.0 Å². The van der Waals surface area contributed by atoms with Gasteiger partial charge in [0.1, 0.15) is 12.1 Å². The molecule has 1 aliphatic rings. The Morgan fingerprint density at radius 1 is 1.07 bits per heavy atom. The average molecular weight is 364 g/mol. The first-order valence-corrected chi connectivity index (χ1v) is 9.47. The fraction of sp³-hybridized carbons (Fsp3) is 0.400. The van der Waals surface area contributed by atoms with Gasteiger partial charge in [-0.3, -0.25) is 9.48 Å². The van der Waals surface area contributed by atoms with Crippen LogP contribution >= 0.6 is 0 Å². The molecule has 7 nitrogen and oxygen atoms in total. The van der Waals surface area contributed by atoms with E-state index in [0.717, 1.165) is 53.9 Å². The van der Waals surface area contributed by atoms with E-state index >= 15 is 0 Å². The lowest BCUT2D eigenvalue weighted by Gasteiger charge is -2.20. The smallest absolute Gasteiger partial charge is 0.253 e. The summed E-state index contributed by atoms with van der Waals surface area (Å²) < 4.78 is 1.73. The Labute approximate surface area is 158 Å². The molecule has 0 saturated carbocycles. The number of amides is 1. The molecule has 1 aromatic carbocycles. The maximum atomic E-state index is 12.7. The van der Waals surface area contributed by atoms with Gasteiger partial charge in [0, 0.05) is 32.2 Å². The second-order valence-corrected chi connectivity index (χ2v) is 6.98. The summed E-state index contributed by atoms with van der Waals surface area (Å²) in [5.41, 5.74) is 2.65. The van der Waals surface area contributed by atoms with Crippen LogP contribution in [-0.2, 0) is 13.6 Å². The Hall–Kier alpha value is -2.96. The molecular weight excluding hydrogens is 340 g/mol. The third kappa shape index (κ3) is 3.77. The van der Waals surface area contributed by atoms with Crippen molar-refractivity contribution in [1.29, 1.82) is 0 Å². The van der Waals surface area contributed by atoms with Crippen LogP contribution in [0, 0.1) is 0 Å². The summed E-state index contributed by atoms with van der Waals surface area (Å²) in [5, 5.41) is 8.46. The van der Waals surface area contributed by atoms with Crippen molar-refractivity contribution in [3.63, 3.8) is 0 Å². The number of nitrogens with zero attached hydrogens (tertiary/aromatic N) is 5. The van der Waals surface area contributed by atoms with Gasteiger partial charge in [0.05, 0.1) is 11.6 Å². The van der Waals surface area contributed by atoms with E-state index in [1.165, 1.54) is 19.2 Å². The molecular formula is C20H24N6O. The van der Waals surface area contributed by atoms with Crippen molar-refractivity contribution in [2.45, 2.75) is 32.2 Å². The highest BCUT2D eigenvalue weighted by Gasteiger charge is 2.17. The molecule has 0 atom stereocenters. The SMILES string of the molecule is Cn1ncc2c(NCc3ccc(C(=O)N4CCCCCC4)cc3)ncnc21. The minimum atomic E-state index is 0.143. The lowest BCUT2D eigenvalue weighted by atomic mass is 10.1. The maximum absolute atomic E-state index is 12.7. The number of rotatable bonds is 4. The van der Waals surface area contributed by atoms with Crippen LogP contribution in [0.4, 0.5) is 5.82 Å². The van der Waals surface area contributed by atoms with Crippen LogP contribution in [0.15, 0.2) is 36.8 Å². The summed E-state index contributed by atoms with van der Waals surface area (Å²) in [6.45, 7) is 2.37. The van der Waals surface area contributed by atoms with Gasteiger partial charge in [0.15, 0.2) is 5.65 Å². The van der Waals surface area contributed by atoms with Gasteiger partial charge in [-0.05, 0) is 30.5 Å². The van der Waals surface area contributed by atoms with Crippen LogP contribution in [0.5, 0.6) is 0 Å². The van der Waals surface area contributed by atoms with Crippen molar-refractivity contribution in [2.24, 2.45) is 7.05 Å². The molecule has 7 heteroatoms. The van der Waals surface area contributed by atoms with Crippen molar-refractivity contribution in [1.82, 2.24) is 24.6 Å². The molecule has 1 aliphatic heterocycles. The zero-order valence-electron chi connectivity index (χ0n) is 15.6. The van der Waals surface area contributed by atoms with Gasteiger partial charge < -0.3 is 10.2 Å². The molecule has 3 aromatic rings. The van der Waals surface area contributed by atoms with Gasteiger partial charge >= 0.3 is 0 Å². The number of aryl methyl sites for hydroxylation is 1. The zero-order valence-corrected chi connectivity index (χ0v) is 15.6. The molecule has 0 bridgehead atoms. The zero-order chi connectivity index (χ0) is 18.6. The fourth-order valence-corrected chi connectivity index (χ4v) is 3.51. The number of anilines is 1. The maximum Gasteiger partial charge on any atom is 0.253 e. The van der Waals surface area contributed by atoms with E-state index in [1.54, 1.807) is 10.9 Å².